The highest BCUT2D eigenvalue weighted by Crippen LogP contribution is 2.29. The van der Waals surface area contributed by atoms with Gasteiger partial charge in [0, 0.05) is 18.1 Å². The molecule has 2 aromatic carbocycles. The Kier molecular flexibility index (Phi) is 6.04. The Labute approximate surface area is 146 Å². The molecule has 2 aromatic rings. The number of halogens is 2. The molecule has 0 fully saturated rings. The number of hydrogen-bond acceptors (Lipinski definition) is 1. The number of benzene rings is 2. The summed E-state index contributed by atoms with van der Waals surface area (Å²) < 4.78 is 1.09. The van der Waals surface area contributed by atoms with Gasteiger partial charge in [0.1, 0.15) is 0 Å². The molecule has 0 atom stereocenters. The first kappa shape index (κ1) is 17.0. The number of aryl methyl sites for hydroxylation is 1. The molecule has 2 nitrogen and oxygen atoms in total. The quantitative estimate of drug-likeness (QED) is 0.487. The molecule has 0 heterocycles. The largest absolute Gasteiger partial charge is 0.366 e. The van der Waals surface area contributed by atoms with Gasteiger partial charge in [-0.05, 0) is 61.2 Å². The fourth-order valence-electron chi connectivity index (χ4n) is 2.06. The van der Waals surface area contributed by atoms with Gasteiger partial charge in [-0.3, -0.25) is 0 Å². The number of rotatable bonds is 5. The van der Waals surface area contributed by atoms with Gasteiger partial charge in [0.05, 0.1) is 17.0 Å². The lowest BCUT2D eigenvalue weighted by molar-refractivity contribution is 0.552. The second-order valence-corrected chi connectivity index (χ2v) is 6.67. The smallest absolute Gasteiger partial charge is 0.0910 e. The van der Waals surface area contributed by atoms with Crippen molar-refractivity contribution in [1.82, 2.24) is 4.90 Å². The van der Waals surface area contributed by atoms with Crippen LogP contribution in [0.5, 0.6) is 0 Å². The van der Waals surface area contributed by atoms with Crippen LogP contribution in [0.4, 0.5) is 5.69 Å². The van der Waals surface area contributed by atoms with Gasteiger partial charge in [-0.15, -0.1) is 0 Å². The van der Waals surface area contributed by atoms with E-state index in [0.717, 1.165) is 23.1 Å². The van der Waals surface area contributed by atoms with Crippen molar-refractivity contribution < 1.29 is 0 Å². The van der Waals surface area contributed by atoms with Crippen molar-refractivity contribution in [3.63, 3.8) is 0 Å². The van der Waals surface area contributed by atoms with E-state index in [1.54, 1.807) is 0 Å². The minimum atomic E-state index is 0.693. The highest BCUT2D eigenvalue weighted by molar-refractivity contribution is 9.10. The van der Waals surface area contributed by atoms with Gasteiger partial charge in [-0.2, -0.15) is 0 Å². The normalized spacial score (nSPS) is 11.1. The highest BCUT2D eigenvalue weighted by Gasteiger charge is 2.06. The second-order valence-electron chi connectivity index (χ2n) is 5.35. The van der Waals surface area contributed by atoms with E-state index < -0.39 is 0 Å². The molecule has 0 aliphatic heterocycles. The van der Waals surface area contributed by atoms with Crippen LogP contribution in [-0.2, 0) is 6.42 Å². The molecule has 0 aliphatic rings. The third kappa shape index (κ3) is 4.59. The molecule has 0 radical (unpaired) electrons. The van der Waals surface area contributed by atoms with E-state index in [-0.39, 0.29) is 0 Å². The van der Waals surface area contributed by atoms with Crippen molar-refractivity contribution in [3.05, 3.63) is 62.6 Å². The molecule has 0 bridgehead atoms. The lowest BCUT2D eigenvalue weighted by Crippen LogP contribution is -2.14. The van der Waals surface area contributed by atoms with Crippen LogP contribution in [0.3, 0.4) is 0 Å². The molecule has 0 saturated carbocycles. The maximum absolute atomic E-state index is 6.38. The van der Waals surface area contributed by atoms with Gasteiger partial charge in [0.25, 0.3) is 0 Å². The van der Waals surface area contributed by atoms with Crippen molar-refractivity contribution in [2.45, 2.75) is 20.3 Å². The molecule has 0 amide bonds. The summed E-state index contributed by atoms with van der Waals surface area (Å²) in [5.74, 6) is 0. The zero-order valence-electron chi connectivity index (χ0n) is 13.1. The Morgan fingerprint density at radius 3 is 2.55 bits per heavy atom. The molecule has 0 aliphatic carbocycles. The van der Waals surface area contributed by atoms with E-state index in [1.807, 2.05) is 24.4 Å². The van der Waals surface area contributed by atoms with E-state index in [4.69, 9.17) is 11.6 Å². The van der Waals surface area contributed by atoms with E-state index >= 15 is 0 Å². The van der Waals surface area contributed by atoms with Crippen LogP contribution in [0, 0.1) is 6.92 Å². The van der Waals surface area contributed by atoms with Gasteiger partial charge in [-0.1, -0.05) is 39.7 Å². The summed E-state index contributed by atoms with van der Waals surface area (Å²) in [6.45, 7) is 5.11. The van der Waals surface area contributed by atoms with Gasteiger partial charge < -0.3 is 4.90 Å². The highest BCUT2D eigenvalue weighted by atomic mass is 79.9. The van der Waals surface area contributed by atoms with Gasteiger partial charge >= 0.3 is 0 Å². The van der Waals surface area contributed by atoms with Crippen LogP contribution >= 0.6 is 27.5 Å². The molecular formula is C18H20BrClN2. The zero-order valence-corrected chi connectivity index (χ0v) is 15.4. The van der Waals surface area contributed by atoms with Crippen LogP contribution in [-0.4, -0.2) is 24.8 Å². The van der Waals surface area contributed by atoms with Gasteiger partial charge in [0.15, 0.2) is 0 Å². The lowest BCUT2D eigenvalue weighted by Gasteiger charge is -2.11. The third-order valence-electron chi connectivity index (χ3n) is 3.61. The Balaban J connectivity index is 2.22. The molecular weight excluding hydrogens is 360 g/mol. The van der Waals surface area contributed by atoms with E-state index in [2.05, 4.69) is 65.1 Å². The van der Waals surface area contributed by atoms with Crippen molar-refractivity contribution in [3.8, 4) is 0 Å². The van der Waals surface area contributed by atoms with Gasteiger partial charge in [0.2, 0.25) is 0 Å². The predicted molar refractivity (Wildman–Crippen MR) is 99.6 cm³/mol. The first-order valence-corrected chi connectivity index (χ1v) is 8.44. The minimum absolute atomic E-state index is 0.693. The van der Waals surface area contributed by atoms with E-state index in [9.17, 15) is 0 Å². The molecule has 0 aromatic heterocycles. The van der Waals surface area contributed by atoms with Crippen LogP contribution in [0.2, 0.25) is 5.02 Å². The predicted octanol–water partition coefficient (Wildman–Crippen LogP) is 5.61. The molecule has 4 heteroatoms. The number of nitrogens with zero attached hydrogens (tertiary/aromatic N) is 2. The SMILES string of the molecule is CCN(C)C=Nc1cc(C)c(Cc2ccc(Br)cc2)cc1Cl. The van der Waals surface area contributed by atoms with Crippen molar-refractivity contribution in [1.29, 1.82) is 0 Å². The second kappa shape index (κ2) is 7.80. The minimum Gasteiger partial charge on any atom is -0.366 e. The van der Waals surface area contributed by atoms with Crippen LogP contribution in [0.15, 0.2) is 45.9 Å². The summed E-state index contributed by atoms with van der Waals surface area (Å²) in [7, 11) is 1.99. The third-order valence-corrected chi connectivity index (χ3v) is 4.44. The number of aliphatic imine (C=N–C) groups is 1. The Hall–Kier alpha value is -1.32. The van der Waals surface area contributed by atoms with Crippen molar-refractivity contribution in [2.75, 3.05) is 13.6 Å². The van der Waals surface area contributed by atoms with Crippen LogP contribution < -0.4 is 0 Å². The topological polar surface area (TPSA) is 15.6 Å². The summed E-state index contributed by atoms with van der Waals surface area (Å²) in [5.41, 5.74) is 4.53. The molecule has 22 heavy (non-hydrogen) atoms. The molecule has 0 saturated heterocycles. The zero-order chi connectivity index (χ0) is 16.1. The van der Waals surface area contributed by atoms with Crippen LogP contribution in [0.25, 0.3) is 0 Å². The summed E-state index contributed by atoms with van der Waals surface area (Å²) in [6.07, 6.45) is 2.69. The fraction of sp³-hybridized carbons (Fsp3) is 0.278. The monoisotopic (exact) mass is 378 g/mol. The standard InChI is InChI=1S/C18H20BrClN2/c1-4-22(3)12-21-18-9-13(2)15(11-17(18)20)10-14-5-7-16(19)8-6-14/h5-9,11-12H,4,10H2,1-3H3. The summed E-state index contributed by atoms with van der Waals surface area (Å²) >= 11 is 9.84. The maximum Gasteiger partial charge on any atom is 0.0910 e. The summed E-state index contributed by atoms with van der Waals surface area (Å²) in [6, 6.07) is 12.4. The summed E-state index contributed by atoms with van der Waals surface area (Å²) in [5, 5.41) is 0.693. The van der Waals surface area contributed by atoms with E-state index in [1.165, 1.54) is 16.7 Å². The average Bonchev–Trinajstić information content (AvgIpc) is 2.51. The van der Waals surface area contributed by atoms with Crippen LogP contribution in [0.1, 0.15) is 23.6 Å². The first-order chi connectivity index (χ1) is 10.5. The average molecular weight is 380 g/mol. The molecule has 0 spiro atoms. The Morgan fingerprint density at radius 1 is 1.23 bits per heavy atom. The summed E-state index contributed by atoms with van der Waals surface area (Å²) in [4.78, 5) is 6.48. The Morgan fingerprint density at radius 2 is 1.91 bits per heavy atom. The number of hydrogen-bond donors (Lipinski definition) is 0. The Bertz CT molecular complexity index is 666. The molecule has 0 N–H and O–H groups in total. The molecule has 0 unspecified atom stereocenters. The fourth-order valence-corrected chi connectivity index (χ4v) is 2.56. The molecule has 2 rings (SSSR count). The van der Waals surface area contributed by atoms with E-state index in [0.29, 0.717) is 5.02 Å². The van der Waals surface area contributed by atoms with Gasteiger partial charge in [-0.25, -0.2) is 4.99 Å². The lowest BCUT2D eigenvalue weighted by atomic mass is 10.00. The van der Waals surface area contributed by atoms with Crippen molar-refractivity contribution >= 4 is 39.6 Å². The first-order valence-electron chi connectivity index (χ1n) is 7.27. The maximum atomic E-state index is 6.38. The molecule has 116 valence electrons. The van der Waals surface area contributed by atoms with Crippen molar-refractivity contribution in [2.24, 2.45) is 4.99 Å².